The number of likely N-dealkylation sites (N-methyl/N-ethyl adjacent to an activating group) is 1. The van der Waals surface area contributed by atoms with E-state index >= 15 is 0 Å². The van der Waals surface area contributed by atoms with Gasteiger partial charge in [-0.2, -0.15) is 0 Å². The van der Waals surface area contributed by atoms with Crippen LogP contribution < -0.4 is 5.73 Å². The topological polar surface area (TPSA) is 72.6 Å². The van der Waals surface area contributed by atoms with Crippen molar-refractivity contribution in [1.29, 1.82) is 0 Å². The fourth-order valence-electron chi connectivity index (χ4n) is 2.64. The lowest BCUT2D eigenvalue weighted by Gasteiger charge is -2.27. The second-order valence-electron chi connectivity index (χ2n) is 4.93. The Morgan fingerprint density at radius 1 is 1.45 bits per heavy atom. The molecule has 0 bridgehead atoms. The quantitative estimate of drug-likeness (QED) is 0.658. The van der Waals surface area contributed by atoms with E-state index in [-0.39, 0.29) is 12.6 Å². The monoisotopic (exact) mass is 276 g/mol. The molecule has 1 amide bonds. The Hall–Kier alpha value is -1.88. The van der Waals surface area contributed by atoms with E-state index in [1.807, 2.05) is 18.2 Å². The Labute approximate surface area is 118 Å². The van der Waals surface area contributed by atoms with E-state index in [4.69, 9.17) is 10.5 Å². The van der Waals surface area contributed by atoms with Crippen LogP contribution in [0.25, 0.3) is 0 Å². The highest BCUT2D eigenvalue weighted by atomic mass is 16.5. The molecule has 1 aromatic carbocycles. The van der Waals surface area contributed by atoms with Crippen molar-refractivity contribution in [3.8, 4) is 0 Å². The van der Waals surface area contributed by atoms with E-state index in [0.29, 0.717) is 0 Å². The Balaban J connectivity index is 2.11. The molecule has 1 aromatic rings. The predicted molar refractivity (Wildman–Crippen MR) is 74.9 cm³/mol. The highest BCUT2D eigenvalue weighted by molar-refractivity contribution is 6.01. The summed E-state index contributed by atoms with van der Waals surface area (Å²) in [6.07, 6.45) is 1.80. The molecule has 0 aromatic heterocycles. The summed E-state index contributed by atoms with van der Waals surface area (Å²) in [5, 5.41) is 0. The van der Waals surface area contributed by atoms with Gasteiger partial charge in [0.1, 0.15) is 0 Å². The molecule has 0 spiro atoms. The number of benzene rings is 1. The van der Waals surface area contributed by atoms with E-state index in [1.54, 1.807) is 18.9 Å². The molecular weight excluding hydrogens is 256 g/mol. The molecule has 5 heteroatoms. The lowest BCUT2D eigenvalue weighted by Crippen LogP contribution is -2.48. The number of esters is 1. The van der Waals surface area contributed by atoms with Gasteiger partial charge in [-0.15, -0.1) is 0 Å². The zero-order valence-electron chi connectivity index (χ0n) is 11.8. The van der Waals surface area contributed by atoms with Crippen molar-refractivity contribution in [2.75, 3.05) is 13.7 Å². The molecule has 0 saturated carbocycles. The van der Waals surface area contributed by atoms with Crippen molar-refractivity contribution in [3.05, 3.63) is 35.4 Å². The van der Waals surface area contributed by atoms with Crippen molar-refractivity contribution < 1.29 is 14.3 Å². The Morgan fingerprint density at radius 2 is 2.15 bits per heavy atom. The molecule has 2 atom stereocenters. The molecule has 108 valence electrons. The molecular formula is C15H20N2O3. The lowest BCUT2D eigenvalue weighted by molar-refractivity contribution is -0.151. The second-order valence-corrected chi connectivity index (χ2v) is 4.93. The molecule has 0 radical (unpaired) electrons. The van der Waals surface area contributed by atoms with Gasteiger partial charge in [0.2, 0.25) is 0 Å². The Kier molecular flexibility index (Phi) is 4.39. The summed E-state index contributed by atoms with van der Waals surface area (Å²) in [6, 6.07) is 6.78. The first-order valence-electron chi connectivity index (χ1n) is 6.83. The van der Waals surface area contributed by atoms with E-state index in [9.17, 15) is 9.59 Å². The number of hydrogen-bond donors (Lipinski definition) is 1. The van der Waals surface area contributed by atoms with Gasteiger partial charge in [0, 0.05) is 7.05 Å². The molecule has 20 heavy (non-hydrogen) atoms. The standard InChI is InChI=1S/C15H20N2O3/c1-3-20-15(19)13(16)14(18)17(2)12-9-8-10-6-4-5-7-11(10)12/h4-7,12-13H,3,8-9,16H2,1-2H3. The minimum atomic E-state index is -1.24. The summed E-state index contributed by atoms with van der Waals surface area (Å²) < 4.78 is 4.80. The lowest BCUT2D eigenvalue weighted by atomic mass is 10.1. The van der Waals surface area contributed by atoms with Crippen LogP contribution in [-0.2, 0) is 20.7 Å². The first-order chi connectivity index (χ1) is 9.56. The van der Waals surface area contributed by atoms with E-state index in [0.717, 1.165) is 18.4 Å². The summed E-state index contributed by atoms with van der Waals surface area (Å²) in [5.74, 6) is -1.07. The Bertz CT molecular complexity index is 516. The van der Waals surface area contributed by atoms with Crippen LogP contribution in [0.4, 0.5) is 0 Å². The number of ether oxygens (including phenoxy) is 1. The predicted octanol–water partition coefficient (Wildman–Crippen LogP) is 1.02. The van der Waals surface area contributed by atoms with Crippen molar-refractivity contribution in [3.63, 3.8) is 0 Å². The van der Waals surface area contributed by atoms with Crippen molar-refractivity contribution in [1.82, 2.24) is 4.90 Å². The van der Waals surface area contributed by atoms with Crippen LogP contribution >= 0.6 is 0 Å². The van der Waals surface area contributed by atoms with Crippen LogP contribution in [0.3, 0.4) is 0 Å². The first-order valence-corrected chi connectivity index (χ1v) is 6.83. The normalized spacial score (nSPS) is 18.2. The molecule has 2 unspecified atom stereocenters. The number of rotatable bonds is 4. The summed E-state index contributed by atoms with van der Waals surface area (Å²) in [4.78, 5) is 25.4. The van der Waals surface area contributed by atoms with Gasteiger partial charge in [0.25, 0.3) is 5.91 Å². The van der Waals surface area contributed by atoms with Gasteiger partial charge in [0.05, 0.1) is 12.6 Å². The number of carbonyl (C=O) groups excluding carboxylic acids is 2. The van der Waals surface area contributed by atoms with Crippen LogP contribution in [0.5, 0.6) is 0 Å². The Morgan fingerprint density at radius 3 is 2.85 bits per heavy atom. The molecule has 0 saturated heterocycles. The van der Waals surface area contributed by atoms with Gasteiger partial charge in [-0.25, -0.2) is 4.79 Å². The highest BCUT2D eigenvalue weighted by Crippen LogP contribution is 2.34. The number of aryl methyl sites for hydroxylation is 1. The maximum atomic E-state index is 12.3. The van der Waals surface area contributed by atoms with Crippen LogP contribution in [-0.4, -0.2) is 36.5 Å². The van der Waals surface area contributed by atoms with Gasteiger partial charge in [-0.3, -0.25) is 4.79 Å². The molecule has 1 aliphatic rings. The minimum absolute atomic E-state index is 0.0147. The number of amides is 1. The number of fused-ring (bicyclic) bond motifs is 1. The van der Waals surface area contributed by atoms with Gasteiger partial charge < -0.3 is 15.4 Å². The van der Waals surface area contributed by atoms with E-state index in [2.05, 4.69) is 6.07 Å². The maximum absolute atomic E-state index is 12.3. The third-order valence-electron chi connectivity index (χ3n) is 3.72. The molecule has 2 rings (SSSR count). The minimum Gasteiger partial charge on any atom is -0.464 e. The number of nitrogens with two attached hydrogens (primary N) is 1. The first kappa shape index (κ1) is 14.5. The van der Waals surface area contributed by atoms with Crippen molar-refractivity contribution in [2.45, 2.75) is 31.8 Å². The third-order valence-corrected chi connectivity index (χ3v) is 3.72. The van der Waals surface area contributed by atoms with E-state index < -0.39 is 17.9 Å². The number of hydrogen-bond acceptors (Lipinski definition) is 4. The summed E-state index contributed by atoms with van der Waals surface area (Å²) in [5.41, 5.74) is 8.06. The second kappa shape index (κ2) is 6.05. The molecule has 0 fully saturated rings. The molecule has 0 aliphatic heterocycles. The highest BCUT2D eigenvalue weighted by Gasteiger charge is 2.33. The zero-order chi connectivity index (χ0) is 14.7. The summed E-state index contributed by atoms with van der Waals surface area (Å²) in [7, 11) is 1.69. The van der Waals surface area contributed by atoms with Gasteiger partial charge in [-0.05, 0) is 30.9 Å². The molecule has 5 nitrogen and oxygen atoms in total. The third kappa shape index (κ3) is 2.67. The van der Waals surface area contributed by atoms with Gasteiger partial charge in [-0.1, -0.05) is 24.3 Å². The van der Waals surface area contributed by atoms with Crippen LogP contribution in [0, 0.1) is 0 Å². The van der Waals surface area contributed by atoms with Crippen LogP contribution in [0.1, 0.15) is 30.5 Å². The van der Waals surface area contributed by atoms with Gasteiger partial charge in [0.15, 0.2) is 6.04 Å². The number of nitrogens with zero attached hydrogens (tertiary/aromatic N) is 1. The zero-order valence-corrected chi connectivity index (χ0v) is 11.8. The number of carbonyl (C=O) groups is 2. The SMILES string of the molecule is CCOC(=O)C(N)C(=O)N(C)C1CCc2ccccc21. The average Bonchev–Trinajstić information content (AvgIpc) is 2.89. The van der Waals surface area contributed by atoms with Crippen molar-refractivity contribution in [2.24, 2.45) is 5.73 Å². The summed E-state index contributed by atoms with van der Waals surface area (Å²) in [6.45, 7) is 1.90. The molecule has 1 aliphatic carbocycles. The van der Waals surface area contributed by atoms with Gasteiger partial charge >= 0.3 is 5.97 Å². The fraction of sp³-hybridized carbons (Fsp3) is 0.467. The average molecular weight is 276 g/mol. The molecule has 2 N–H and O–H groups in total. The summed E-state index contributed by atoms with van der Waals surface area (Å²) >= 11 is 0. The van der Waals surface area contributed by atoms with Crippen LogP contribution in [0.15, 0.2) is 24.3 Å². The molecule has 0 heterocycles. The van der Waals surface area contributed by atoms with E-state index in [1.165, 1.54) is 5.56 Å². The maximum Gasteiger partial charge on any atom is 0.332 e. The van der Waals surface area contributed by atoms with Crippen molar-refractivity contribution >= 4 is 11.9 Å². The fourth-order valence-corrected chi connectivity index (χ4v) is 2.64. The largest absolute Gasteiger partial charge is 0.464 e. The van der Waals surface area contributed by atoms with Crippen LogP contribution in [0.2, 0.25) is 0 Å². The smallest absolute Gasteiger partial charge is 0.332 e.